The first-order chi connectivity index (χ1) is 6.58. The minimum Gasteiger partial charge on any atom is -0.0820 e. The van der Waals surface area contributed by atoms with Crippen LogP contribution in [0, 0.1) is 11.3 Å². The van der Waals surface area contributed by atoms with E-state index in [1.165, 1.54) is 25.7 Å². The third-order valence-electron chi connectivity index (χ3n) is 5.38. The van der Waals surface area contributed by atoms with E-state index in [1.807, 2.05) is 0 Å². The molecule has 0 saturated heterocycles. The summed E-state index contributed by atoms with van der Waals surface area (Å²) in [6.45, 7) is 2.36. The highest BCUT2D eigenvalue weighted by Crippen LogP contribution is 2.57. The molecule has 78 valence electrons. The fourth-order valence-corrected chi connectivity index (χ4v) is 3.74. The van der Waals surface area contributed by atoms with Crippen molar-refractivity contribution in [3.8, 4) is 0 Å². The van der Waals surface area contributed by atoms with Crippen molar-refractivity contribution >= 4 is 15.7 Å². The molecule has 0 bridgehead atoms. The smallest absolute Gasteiger partial charge is 0.0820 e. The predicted molar refractivity (Wildman–Crippen MR) is 68.3 cm³/mol. The van der Waals surface area contributed by atoms with Gasteiger partial charge in [0, 0.05) is 0 Å². The second-order valence-corrected chi connectivity index (χ2v) is 6.49. The van der Waals surface area contributed by atoms with Gasteiger partial charge >= 0.3 is 0 Å². The molecule has 2 saturated carbocycles. The van der Waals surface area contributed by atoms with Gasteiger partial charge in [-0.25, -0.2) is 0 Å². The predicted octanol–water partition coefficient (Wildman–Crippen LogP) is 2.14. The highest BCUT2D eigenvalue weighted by molar-refractivity contribution is 6.39. The van der Waals surface area contributed by atoms with Gasteiger partial charge in [-0.1, -0.05) is 37.8 Å². The quantitative estimate of drug-likeness (QED) is 0.585. The summed E-state index contributed by atoms with van der Waals surface area (Å²) in [5.41, 5.74) is 0.817. The zero-order valence-corrected chi connectivity index (χ0v) is 10.2. The molecule has 1 unspecified atom stereocenters. The maximum atomic E-state index is 2.48. The highest BCUT2D eigenvalue weighted by Gasteiger charge is 2.44. The lowest BCUT2D eigenvalue weighted by molar-refractivity contribution is 0.286. The van der Waals surface area contributed by atoms with Crippen molar-refractivity contribution in [3.05, 3.63) is 0 Å². The summed E-state index contributed by atoms with van der Waals surface area (Å²) in [6, 6.07) is 0. The van der Waals surface area contributed by atoms with Crippen LogP contribution in [0.3, 0.4) is 0 Å². The molecule has 0 radical (unpaired) electrons. The van der Waals surface area contributed by atoms with Gasteiger partial charge in [0.15, 0.2) is 0 Å². The molecular formula is C12H24B2. The van der Waals surface area contributed by atoms with E-state index < -0.39 is 0 Å². The van der Waals surface area contributed by atoms with Crippen LogP contribution in [-0.4, -0.2) is 15.7 Å². The molecule has 0 N–H and O–H groups in total. The molecule has 14 heavy (non-hydrogen) atoms. The summed E-state index contributed by atoms with van der Waals surface area (Å²) in [4.78, 5) is 0. The summed E-state index contributed by atoms with van der Waals surface area (Å²) >= 11 is 0. The molecule has 0 aliphatic heterocycles. The van der Waals surface area contributed by atoms with Gasteiger partial charge in [-0.15, -0.1) is 0 Å². The van der Waals surface area contributed by atoms with Gasteiger partial charge in [-0.05, 0) is 37.0 Å². The van der Waals surface area contributed by atoms with Crippen LogP contribution in [0.15, 0.2) is 0 Å². The number of hydrogen-bond acceptors (Lipinski definition) is 0. The zero-order valence-electron chi connectivity index (χ0n) is 10.2. The van der Waals surface area contributed by atoms with Crippen molar-refractivity contribution in [2.24, 2.45) is 11.3 Å². The molecular weight excluding hydrogens is 166 g/mol. The monoisotopic (exact) mass is 190 g/mol. The minimum atomic E-state index is 0.603. The van der Waals surface area contributed by atoms with Gasteiger partial charge in [0.1, 0.15) is 0 Å². The maximum Gasteiger partial charge on any atom is 0.0995 e. The van der Waals surface area contributed by atoms with Crippen LogP contribution in [0.2, 0.25) is 5.21 Å². The molecule has 1 spiro atoms. The normalized spacial score (nSPS) is 31.4. The molecule has 2 aliphatic rings. The van der Waals surface area contributed by atoms with E-state index >= 15 is 0 Å². The van der Waals surface area contributed by atoms with E-state index in [0.717, 1.165) is 11.3 Å². The van der Waals surface area contributed by atoms with Gasteiger partial charge in [-0.2, -0.15) is 0 Å². The number of rotatable bonds is 2. The summed E-state index contributed by atoms with van der Waals surface area (Å²) in [5, 5.41) is 0.603. The zero-order chi connectivity index (χ0) is 10.2. The Morgan fingerprint density at radius 2 is 1.86 bits per heavy atom. The molecule has 2 heteroatoms. The van der Waals surface area contributed by atoms with Gasteiger partial charge in [0.2, 0.25) is 0 Å². The second kappa shape index (κ2) is 3.61. The van der Waals surface area contributed by atoms with Gasteiger partial charge in [0.25, 0.3) is 0 Å². The lowest BCUT2D eigenvalue weighted by Gasteiger charge is -2.32. The van der Waals surface area contributed by atoms with Crippen LogP contribution in [0.5, 0.6) is 0 Å². The van der Waals surface area contributed by atoms with Gasteiger partial charge in [-0.3, -0.25) is 0 Å². The SMILES string of the molecule is BC(B)(CC)C1CCC2(CCCC2)C1. The molecule has 0 aromatic carbocycles. The molecule has 0 nitrogen and oxygen atoms in total. The third-order valence-corrected chi connectivity index (χ3v) is 5.38. The van der Waals surface area contributed by atoms with Crippen LogP contribution < -0.4 is 0 Å². The van der Waals surface area contributed by atoms with Gasteiger partial charge < -0.3 is 0 Å². The Labute approximate surface area is 91.0 Å². The minimum absolute atomic E-state index is 0.603. The largest absolute Gasteiger partial charge is 0.0995 e. The van der Waals surface area contributed by atoms with E-state index in [1.54, 1.807) is 25.7 Å². The summed E-state index contributed by atoms with van der Waals surface area (Å²) in [7, 11) is 4.96. The fraction of sp³-hybridized carbons (Fsp3) is 1.00. The van der Waals surface area contributed by atoms with Crippen LogP contribution in [0.1, 0.15) is 58.3 Å². The lowest BCUT2D eigenvalue weighted by atomic mass is 9.46. The molecule has 0 aromatic heterocycles. The van der Waals surface area contributed by atoms with Crippen molar-refractivity contribution in [1.82, 2.24) is 0 Å². The Morgan fingerprint density at radius 1 is 1.21 bits per heavy atom. The van der Waals surface area contributed by atoms with E-state index in [0.29, 0.717) is 5.21 Å². The van der Waals surface area contributed by atoms with E-state index in [4.69, 9.17) is 0 Å². The van der Waals surface area contributed by atoms with Crippen molar-refractivity contribution in [2.45, 2.75) is 63.5 Å². The van der Waals surface area contributed by atoms with E-state index in [2.05, 4.69) is 22.6 Å². The first kappa shape index (κ1) is 10.6. The Hall–Kier alpha value is 0.130. The lowest BCUT2D eigenvalue weighted by Crippen LogP contribution is -2.23. The topological polar surface area (TPSA) is 0 Å². The molecule has 0 amide bonds. The molecule has 0 aromatic rings. The average molecular weight is 190 g/mol. The Bertz CT molecular complexity index is 204. The van der Waals surface area contributed by atoms with E-state index in [-0.39, 0.29) is 0 Å². The van der Waals surface area contributed by atoms with Crippen LogP contribution in [-0.2, 0) is 0 Å². The van der Waals surface area contributed by atoms with Crippen molar-refractivity contribution in [1.29, 1.82) is 0 Å². The molecule has 1 atom stereocenters. The number of hydrogen-bond donors (Lipinski definition) is 0. The third kappa shape index (κ3) is 1.77. The van der Waals surface area contributed by atoms with Crippen LogP contribution in [0.4, 0.5) is 0 Å². The fourth-order valence-electron chi connectivity index (χ4n) is 3.74. The maximum absolute atomic E-state index is 2.48. The van der Waals surface area contributed by atoms with Crippen molar-refractivity contribution in [3.63, 3.8) is 0 Å². The summed E-state index contributed by atoms with van der Waals surface area (Å²) < 4.78 is 0. The van der Waals surface area contributed by atoms with Gasteiger partial charge in [0.05, 0.1) is 15.7 Å². The Morgan fingerprint density at radius 3 is 2.43 bits per heavy atom. The average Bonchev–Trinajstić information content (AvgIpc) is 2.78. The first-order valence-electron chi connectivity index (χ1n) is 6.58. The standard InChI is InChI=1S/C12H24B2/c1-2-12(13,14)10-5-8-11(9-10)6-3-4-7-11/h10H,2-9,13-14H2,1H3. The van der Waals surface area contributed by atoms with Crippen molar-refractivity contribution < 1.29 is 0 Å². The highest BCUT2D eigenvalue weighted by atomic mass is 14.5. The van der Waals surface area contributed by atoms with Crippen LogP contribution in [0.25, 0.3) is 0 Å². The summed E-state index contributed by atoms with van der Waals surface area (Å²) in [5.74, 6) is 1.02. The summed E-state index contributed by atoms with van der Waals surface area (Å²) in [6.07, 6.45) is 12.1. The molecule has 2 rings (SSSR count). The van der Waals surface area contributed by atoms with Crippen LogP contribution >= 0.6 is 0 Å². The van der Waals surface area contributed by atoms with E-state index in [9.17, 15) is 0 Å². The second-order valence-electron chi connectivity index (χ2n) is 6.49. The Balaban J connectivity index is 2.00. The molecule has 2 aliphatic carbocycles. The first-order valence-corrected chi connectivity index (χ1v) is 6.58. The van der Waals surface area contributed by atoms with Crippen molar-refractivity contribution in [2.75, 3.05) is 0 Å². The molecule has 2 fully saturated rings. The Kier molecular flexibility index (Phi) is 2.74. The molecule has 0 heterocycles.